The van der Waals surface area contributed by atoms with Gasteiger partial charge in [0.1, 0.15) is 0 Å². The highest BCUT2D eigenvalue weighted by molar-refractivity contribution is 7.10. The van der Waals surface area contributed by atoms with Crippen molar-refractivity contribution in [2.75, 3.05) is 11.9 Å². The van der Waals surface area contributed by atoms with E-state index in [1.54, 1.807) is 11.3 Å². The van der Waals surface area contributed by atoms with Crippen LogP contribution >= 0.6 is 11.3 Å². The van der Waals surface area contributed by atoms with Gasteiger partial charge in [0.15, 0.2) is 0 Å². The first-order valence-electron chi connectivity index (χ1n) is 7.91. The van der Waals surface area contributed by atoms with Crippen molar-refractivity contribution in [2.24, 2.45) is 0 Å². The quantitative estimate of drug-likeness (QED) is 0.701. The number of para-hydroxylation sites is 1. The zero-order valence-corrected chi connectivity index (χ0v) is 14.3. The minimum Gasteiger partial charge on any atom is -0.376 e. The summed E-state index contributed by atoms with van der Waals surface area (Å²) in [5.41, 5.74) is 3.20. The minimum atomic E-state index is -0.114. The van der Waals surface area contributed by atoms with Crippen LogP contribution in [0, 0.1) is 6.92 Å². The summed E-state index contributed by atoms with van der Waals surface area (Å²) >= 11 is 1.65. The lowest BCUT2D eigenvalue weighted by molar-refractivity contribution is -0.119. The third kappa shape index (κ3) is 4.03. The molecule has 2 aromatic carbocycles. The molecule has 0 aliphatic rings. The Kier molecular flexibility index (Phi) is 5.29. The number of hydrogen-bond donors (Lipinski definition) is 2. The predicted octanol–water partition coefficient (Wildman–Crippen LogP) is 4.37. The molecular formula is C20H20N2OS. The fourth-order valence-corrected chi connectivity index (χ4v) is 3.38. The van der Waals surface area contributed by atoms with E-state index < -0.39 is 0 Å². The van der Waals surface area contributed by atoms with E-state index in [0.29, 0.717) is 0 Å². The molecule has 0 aliphatic heterocycles. The standard InChI is InChI=1S/C20H20N2OS/c1-15-8-5-6-11-17(15)21-14-19(23)22-20(18-12-7-13-24-18)16-9-3-2-4-10-16/h2-13,20-21H,14H2,1H3,(H,22,23)/t20-/m1/s1. The first kappa shape index (κ1) is 16.3. The molecule has 4 heteroatoms. The van der Waals surface area contributed by atoms with Crippen molar-refractivity contribution in [3.63, 3.8) is 0 Å². The van der Waals surface area contributed by atoms with E-state index in [9.17, 15) is 4.79 Å². The molecule has 0 unspecified atom stereocenters. The molecule has 122 valence electrons. The number of carbonyl (C=O) groups excluding carboxylic acids is 1. The molecule has 0 fully saturated rings. The van der Waals surface area contributed by atoms with Gasteiger partial charge >= 0.3 is 0 Å². The third-order valence-corrected chi connectivity index (χ3v) is 4.79. The van der Waals surface area contributed by atoms with Gasteiger partial charge in [-0.15, -0.1) is 11.3 Å². The van der Waals surface area contributed by atoms with Crippen LogP contribution in [0.15, 0.2) is 72.1 Å². The summed E-state index contributed by atoms with van der Waals surface area (Å²) < 4.78 is 0. The van der Waals surface area contributed by atoms with E-state index in [1.165, 1.54) is 0 Å². The number of aryl methyl sites for hydroxylation is 1. The van der Waals surface area contributed by atoms with E-state index in [4.69, 9.17) is 0 Å². The third-order valence-electron chi connectivity index (χ3n) is 3.85. The fraction of sp³-hybridized carbons (Fsp3) is 0.150. The number of benzene rings is 2. The number of nitrogens with one attached hydrogen (secondary N) is 2. The van der Waals surface area contributed by atoms with Crippen molar-refractivity contribution in [3.05, 3.63) is 88.1 Å². The first-order chi connectivity index (χ1) is 11.7. The lowest BCUT2D eigenvalue weighted by atomic mass is 10.1. The molecule has 1 atom stereocenters. The second-order valence-corrected chi connectivity index (χ2v) is 6.57. The number of rotatable bonds is 6. The molecule has 2 N–H and O–H groups in total. The van der Waals surface area contributed by atoms with Gasteiger partial charge in [0.05, 0.1) is 12.6 Å². The maximum absolute atomic E-state index is 12.4. The van der Waals surface area contributed by atoms with Crippen LogP contribution in [-0.2, 0) is 4.79 Å². The molecule has 0 saturated heterocycles. The van der Waals surface area contributed by atoms with Crippen LogP contribution < -0.4 is 10.6 Å². The Morgan fingerprint density at radius 2 is 1.75 bits per heavy atom. The van der Waals surface area contributed by atoms with Crippen LogP contribution in [-0.4, -0.2) is 12.5 Å². The Hall–Kier alpha value is -2.59. The Morgan fingerprint density at radius 1 is 1.00 bits per heavy atom. The molecule has 0 radical (unpaired) electrons. The van der Waals surface area contributed by atoms with Crippen LogP contribution in [0.2, 0.25) is 0 Å². The van der Waals surface area contributed by atoms with Crippen molar-refractivity contribution < 1.29 is 4.79 Å². The van der Waals surface area contributed by atoms with Gasteiger partial charge < -0.3 is 10.6 Å². The molecule has 0 saturated carbocycles. The van der Waals surface area contributed by atoms with Crippen molar-refractivity contribution in [1.82, 2.24) is 5.32 Å². The smallest absolute Gasteiger partial charge is 0.240 e. The average molecular weight is 336 g/mol. The fourth-order valence-electron chi connectivity index (χ4n) is 2.58. The molecule has 0 aliphatic carbocycles. The van der Waals surface area contributed by atoms with Crippen molar-refractivity contribution in [1.29, 1.82) is 0 Å². The van der Waals surface area contributed by atoms with Gasteiger partial charge in [0, 0.05) is 10.6 Å². The van der Waals surface area contributed by atoms with Gasteiger partial charge in [-0.25, -0.2) is 0 Å². The summed E-state index contributed by atoms with van der Waals surface area (Å²) in [5.74, 6) is -0.0273. The van der Waals surface area contributed by atoms with Crippen LogP contribution in [0.25, 0.3) is 0 Å². The summed E-state index contributed by atoms with van der Waals surface area (Å²) in [7, 11) is 0. The lowest BCUT2D eigenvalue weighted by Gasteiger charge is -2.19. The van der Waals surface area contributed by atoms with Crippen molar-refractivity contribution in [2.45, 2.75) is 13.0 Å². The summed E-state index contributed by atoms with van der Waals surface area (Å²) in [6, 6.07) is 22.0. The Morgan fingerprint density at radius 3 is 2.46 bits per heavy atom. The summed E-state index contributed by atoms with van der Waals surface area (Å²) in [4.78, 5) is 13.6. The monoisotopic (exact) mass is 336 g/mol. The molecule has 1 heterocycles. The molecule has 0 spiro atoms. The van der Waals surface area contributed by atoms with E-state index in [-0.39, 0.29) is 18.5 Å². The van der Waals surface area contributed by atoms with Gasteiger partial charge in [-0.05, 0) is 35.6 Å². The van der Waals surface area contributed by atoms with Gasteiger partial charge in [-0.3, -0.25) is 4.79 Å². The van der Waals surface area contributed by atoms with Crippen molar-refractivity contribution >= 4 is 22.9 Å². The van der Waals surface area contributed by atoms with Gasteiger partial charge in [-0.2, -0.15) is 0 Å². The number of carbonyl (C=O) groups is 1. The van der Waals surface area contributed by atoms with Gasteiger partial charge in [-0.1, -0.05) is 54.6 Å². The average Bonchev–Trinajstić information content (AvgIpc) is 3.14. The highest BCUT2D eigenvalue weighted by Crippen LogP contribution is 2.25. The molecular weight excluding hydrogens is 316 g/mol. The number of anilines is 1. The first-order valence-corrected chi connectivity index (χ1v) is 8.79. The largest absolute Gasteiger partial charge is 0.376 e. The summed E-state index contributed by atoms with van der Waals surface area (Å²) in [5, 5.41) is 8.37. The molecule has 24 heavy (non-hydrogen) atoms. The Balaban J connectivity index is 1.69. The Bertz CT molecular complexity index is 784. The van der Waals surface area contributed by atoms with E-state index >= 15 is 0 Å². The minimum absolute atomic E-state index is 0.0273. The lowest BCUT2D eigenvalue weighted by Crippen LogP contribution is -2.33. The summed E-state index contributed by atoms with van der Waals surface area (Å²) in [6.45, 7) is 2.28. The normalized spacial score (nSPS) is 11.7. The van der Waals surface area contributed by atoms with Gasteiger partial charge in [0.2, 0.25) is 5.91 Å². The molecule has 3 aromatic rings. The van der Waals surface area contributed by atoms with Crippen molar-refractivity contribution in [3.8, 4) is 0 Å². The highest BCUT2D eigenvalue weighted by Gasteiger charge is 2.17. The molecule has 1 aromatic heterocycles. The Labute approximate surface area is 146 Å². The summed E-state index contributed by atoms with van der Waals surface area (Å²) in [6.07, 6.45) is 0. The number of thiophene rings is 1. The number of hydrogen-bond acceptors (Lipinski definition) is 3. The molecule has 0 bridgehead atoms. The van der Waals surface area contributed by atoms with Crippen LogP contribution in [0.3, 0.4) is 0 Å². The van der Waals surface area contributed by atoms with Gasteiger partial charge in [0.25, 0.3) is 0 Å². The zero-order chi connectivity index (χ0) is 16.8. The van der Waals surface area contributed by atoms with Crippen LogP contribution in [0.4, 0.5) is 5.69 Å². The molecule has 3 rings (SSSR count). The SMILES string of the molecule is Cc1ccccc1NCC(=O)N[C@H](c1ccccc1)c1cccs1. The predicted molar refractivity (Wildman–Crippen MR) is 100 cm³/mol. The van der Waals surface area contributed by atoms with Crippen LogP contribution in [0.5, 0.6) is 0 Å². The zero-order valence-electron chi connectivity index (χ0n) is 13.5. The molecule has 1 amide bonds. The van der Waals surface area contributed by atoms with Crippen LogP contribution in [0.1, 0.15) is 22.0 Å². The molecule has 3 nitrogen and oxygen atoms in total. The second kappa shape index (κ2) is 7.79. The maximum Gasteiger partial charge on any atom is 0.240 e. The second-order valence-electron chi connectivity index (χ2n) is 5.60. The topological polar surface area (TPSA) is 41.1 Å². The van der Waals surface area contributed by atoms with E-state index in [1.807, 2.05) is 73.0 Å². The van der Waals surface area contributed by atoms with E-state index in [2.05, 4.69) is 16.7 Å². The maximum atomic E-state index is 12.4. The van der Waals surface area contributed by atoms with E-state index in [0.717, 1.165) is 21.7 Å². The number of amides is 1. The highest BCUT2D eigenvalue weighted by atomic mass is 32.1.